The first-order valence-corrected chi connectivity index (χ1v) is 7.10. The van der Waals surface area contributed by atoms with Crippen molar-refractivity contribution in [2.75, 3.05) is 13.7 Å². The summed E-state index contributed by atoms with van der Waals surface area (Å²) < 4.78 is 15.6. The van der Waals surface area contributed by atoms with E-state index in [0.29, 0.717) is 12.5 Å². The van der Waals surface area contributed by atoms with Gasteiger partial charge in [-0.1, -0.05) is 0 Å². The average molecular weight is 295 g/mol. The number of amides is 1. The molecule has 2 heterocycles. The molecule has 1 aliphatic rings. The third-order valence-corrected chi connectivity index (χ3v) is 3.59. The molecule has 21 heavy (non-hydrogen) atoms. The molecular formula is C15H21NO5. The maximum absolute atomic E-state index is 12.0. The molecule has 6 heteroatoms. The van der Waals surface area contributed by atoms with Gasteiger partial charge in [-0.2, -0.15) is 0 Å². The van der Waals surface area contributed by atoms with Crippen LogP contribution in [-0.2, 0) is 4.74 Å². The fourth-order valence-electron chi connectivity index (χ4n) is 2.70. The Bertz CT molecular complexity index is 543. The van der Waals surface area contributed by atoms with Crippen molar-refractivity contribution < 1.29 is 18.7 Å². The van der Waals surface area contributed by atoms with Crippen molar-refractivity contribution in [1.29, 1.82) is 0 Å². The van der Waals surface area contributed by atoms with Gasteiger partial charge in [-0.05, 0) is 32.6 Å². The maximum Gasteiger partial charge on any atom is 0.287 e. The van der Waals surface area contributed by atoms with Gasteiger partial charge >= 0.3 is 0 Å². The first kappa shape index (κ1) is 15.6. The lowest BCUT2D eigenvalue weighted by Gasteiger charge is -2.32. The fraction of sp³-hybridized carbons (Fsp3) is 0.600. The molecule has 2 unspecified atom stereocenters. The van der Waals surface area contributed by atoms with Gasteiger partial charge in [0.1, 0.15) is 6.26 Å². The van der Waals surface area contributed by atoms with Crippen LogP contribution in [0.4, 0.5) is 0 Å². The highest BCUT2D eigenvalue weighted by atomic mass is 16.5. The van der Waals surface area contributed by atoms with E-state index >= 15 is 0 Å². The number of carbonyl (C=O) groups is 1. The second kappa shape index (κ2) is 6.76. The lowest BCUT2D eigenvalue weighted by Crippen LogP contribution is -2.37. The average Bonchev–Trinajstić information content (AvgIpc) is 2.43. The largest absolute Gasteiger partial charge is 0.490 e. The summed E-state index contributed by atoms with van der Waals surface area (Å²) in [5.74, 6) is 0.0619. The van der Waals surface area contributed by atoms with E-state index in [0.717, 1.165) is 25.2 Å². The van der Waals surface area contributed by atoms with E-state index < -0.39 is 0 Å². The standard InChI is InChI=1S/C15H21NO5/c1-9-4-11(5-10(2)21-9)7-16-15(18)13-6-12(17)14(19-3)8-20-13/h6,8-11H,4-5,7H2,1-3H3,(H,16,18). The van der Waals surface area contributed by atoms with Gasteiger partial charge in [0.2, 0.25) is 11.2 Å². The Kier molecular flexibility index (Phi) is 5.01. The minimum Gasteiger partial charge on any atom is -0.490 e. The van der Waals surface area contributed by atoms with Crippen molar-refractivity contribution in [2.24, 2.45) is 5.92 Å². The van der Waals surface area contributed by atoms with E-state index in [4.69, 9.17) is 13.9 Å². The van der Waals surface area contributed by atoms with Gasteiger partial charge in [0.25, 0.3) is 5.91 Å². The third-order valence-electron chi connectivity index (χ3n) is 3.59. The zero-order chi connectivity index (χ0) is 15.4. The molecule has 6 nitrogen and oxygen atoms in total. The summed E-state index contributed by atoms with van der Waals surface area (Å²) in [7, 11) is 1.37. The molecule has 1 aliphatic heterocycles. The zero-order valence-corrected chi connectivity index (χ0v) is 12.5. The van der Waals surface area contributed by atoms with Crippen molar-refractivity contribution >= 4 is 5.91 Å². The van der Waals surface area contributed by atoms with Crippen LogP contribution in [0, 0.1) is 5.92 Å². The van der Waals surface area contributed by atoms with Crippen LogP contribution in [0.5, 0.6) is 5.75 Å². The molecule has 0 aromatic carbocycles. The van der Waals surface area contributed by atoms with Gasteiger partial charge in [0.15, 0.2) is 5.76 Å². The summed E-state index contributed by atoms with van der Waals surface area (Å²) in [5, 5.41) is 2.81. The molecule has 0 spiro atoms. The molecule has 0 aliphatic carbocycles. The molecule has 1 saturated heterocycles. The molecule has 0 radical (unpaired) electrons. The summed E-state index contributed by atoms with van der Waals surface area (Å²) in [6.07, 6.45) is 3.38. The maximum atomic E-state index is 12.0. The predicted octanol–water partition coefficient (Wildman–Crippen LogP) is 1.58. The third kappa shape index (κ3) is 4.07. The topological polar surface area (TPSA) is 77.8 Å². The van der Waals surface area contributed by atoms with Crippen LogP contribution < -0.4 is 15.5 Å². The number of nitrogens with one attached hydrogen (secondary N) is 1. The van der Waals surface area contributed by atoms with Crippen molar-refractivity contribution in [2.45, 2.75) is 38.9 Å². The van der Waals surface area contributed by atoms with E-state index in [1.807, 2.05) is 13.8 Å². The minimum atomic E-state index is -0.387. The number of ether oxygens (including phenoxy) is 2. The van der Waals surface area contributed by atoms with Crippen LogP contribution in [0.2, 0.25) is 0 Å². The molecule has 0 bridgehead atoms. The molecule has 1 aromatic rings. The molecule has 1 amide bonds. The van der Waals surface area contributed by atoms with Crippen LogP contribution >= 0.6 is 0 Å². The summed E-state index contributed by atoms with van der Waals surface area (Å²) in [5.41, 5.74) is -0.373. The quantitative estimate of drug-likeness (QED) is 0.912. The van der Waals surface area contributed by atoms with Crippen LogP contribution in [0.3, 0.4) is 0 Å². The molecule has 1 fully saturated rings. The van der Waals surface area contributed by atoms with Crippen LogP contribution in [0.1, 0.15) is 37.2 Å². The first-order chi connectivity index (χ1) is 9.99. The normalized spacial score (nSPS) is 25.4. The lowest BCUT2D eigenvalue weighted by atomic mass is 9.92. The van der Waals surface area contributed by atoms with E-state index in [2.05, 4.69) is 5.32 Å². The Hall–Kier alpha value is -1.82. The van der Waals surface area contributed by atoms with E-state index in [1.165, 1.54) is 7.11 Å². The molecule has 1 aromatic heterocycles. The van der Waals surface area contributed by atoms with Crippen molar-refractivity contribution in [3.8, 4) is 5.75 Å². The number of methoxy groups -OCH3 is 1. The van der Waals surface area contributed by atoms with Gasteiger partial charge in [-0.25, -0.2) is 0 Å². The van der Waals surface area contributed by atoms with Gasteiger partial charge < -0.3 is 19.2 Å². The van der Waals surface area contributed by atoms with Gasteiger partial charge in [0, 0.05) is 12.6 Å². The van der Waals surface area contributed by atoms with Gasteiger partial charge in [0.05, 0.1) is 19.3 Å². The summed E-state index contributed by atoms with van der Waals surface area (Å²) >= 11 is 0. The lowest BCUT2D eigenvalue weighted by molar-refractivity contribution is -0.0513. The first-order valence-electron chi connectivity index (χ1n) is 7.10. The predicted molar refractivity (Wildman–Crippen MR) is 76.6 cm³/mol. The van der Waals surface area contributed by atoms with Crippen LogP contribution in [0.15, 0.2) is 21.5 Å². The van der Waals surface area contributed by atoms with E-state index in [1.54, 1.807) is 0 Å². The van der Waals surface area contributed by atoms with E-state index in [-0.39, 0.29) is 35.1 Å². The molecule has 116 valence electrons. The Morgan fingerprint density at radius 1 is 1.38 bits per heavy atom. The smallest absolute Gasteiger partial charge is 0.287 e. The molecule has 0 saturated carbocycles. The monoisotopic (exact) mass is 295 g/mol. The van der Waals surface area contributed by atoms with Gasteiger partial charge in [-0.3, -0.25) is 9.59 Å². The molecule has 2 rings (SSSR count). The van der Waals surface area contributed by atoms with E-state index in [9.17, 15) is 9.59 Å². The fourth-order valence-corrected chi connectivity index (χ4v) is 2.70. The summed E-state index contributed by atoms with van der Waals surface area (Å²) in [6.45, 7) is 4.62. The Morgan fingerprint density at radius 2 is 2.05 bits per heavy atom. The highest BCUT2D eigenvalue weighted by molar-refractivity contribution is 5.91. The highest BCUT2D eigenvalue weighted by Gasteiger charge is 2.25. The number of hydrogen-bond acceptors (Lipinski definition) is 5. The van der Waals surface area contributed by atoms with Crippen LogP contribution in [-0.4, -0.2) is 31.8 Å². The second-order valence-corrected chi connectivity index (χ2v) is 5.48. The Morgan fingerprint density at radius 3 is 2.62 bits per heavy atom. The second-order valence-electron chi connectivity index (χ2n) is 5.48. The molecule has 1 N–H and O–H groups in total. The SMILES string of the molecule is COc1coc(C(=O)NCC2CC(C)OC(C)C2)cc1=O. The number of hydrogen-bond donors (Lipinski definition) is 1. The summed E-state index contributed by atoms with van der Waals surface area (Å²) in [6, 6.07) is 1.14. The van der Waals surface area contributed by atoms with Crippen molar-refractivity contribution in [3.63, 3.8) is 0 Å². The number of rotatable bonds is 4. The van der Waals surface area contributed by atoms with Crippen molar-refractivity contribution in [3.05, 3.63) is 28.3 Å². The van der Waals surface area contributed by atoms with Gasteiger partial charge in [-0.15, -0.1) is 0 Å². The number of carbonyl (C=O) groups excluding carboxylic acids is 1. The summed E-state index contributed by atoms with van der Waals surface area (Å²) in [4.78, 5) is 23.6. The zero-order valence-electron chi connectivity index (χ0n) is 12.5. The minimum absolute atomic E-state index is 0.00560. The highest BCUT2D eigenvalue weighted by Crippen LogP contribution is 2.24. The molecule has 2 atom stereocenters. The Balaban J connectivity index is 1.92. The molecular weight excluding hydrogens is 274 g/mol. The van der Waals surface area contributed by atoms with Crippen molar-refractivity contribution in [1.82, 2.24) is 5.32 Å². The van der Waals surface area contributed by atoms with Crippen LogP contribution in [0.25, 0.3) is 0 Å². The Labute approximate surface area is 123 Å².